The summed E-state index contributed by atoms with van der Waals surface area (Å²) in [5.74, 6) is 0.743. The molecule has 0 saturated carbocycles. The number of hydrogen-bond donors (Lipinski definition) is 1. The molecule has 114 valence electrons. The molecular formula is C15H19ClN2O3. The number of carbonyl (C=O) groups is 1. The topological polar surface area (TPSA) is 50.8 Å². The van der Waals surface area contributed by atoms with Crippen molar-refractivity contribution < 1.29 is 14.3 Å². The maximum atomic E-state index is 11.9. The van der Waals surface area contributed by atoms with Crippen LogP contribution in [0.25, 0.3) is 0 Å². The van der Waals surface area contributed by atoms with E-state index in [9.17, 15) is 4.79 Å². The predicted molar refractivity (Wildman–Crippen MR) is 79.8 cm³/mol. The number of halogens is 1. The van der Waals surface area contributed by atoms with Crippen LogP contribution in [0.2, 0.25) is 5.02 Å². The lowest BCUT2D eigenvalue weighted by Crippen LogP contribution is -2.59. The van der Waals surface area contributed by atoms with E-state index < -0.39 is 0 Å². The first-order valence-corrected chi connectivity index (χ1v) is 7.65. The van der Waals surface area contributed by atoms with Crippen molar-refractivity contribution in [2.45, 2.75) is 25.0 Å². The fourth-order valence-electron chi connectivity index (χ4n) is 2.53. The monoisotopic (exact) mass is 310 g/mol. The van der Waals surface area contributed by atoms with Crippen LogP contribution in [0.5, 0.6) is 5.75 Å². The smallest absolute Gasteiger partial charge is 0.317 e. The van der Waals surface area contributed by atoms with E-state index in [0.717, 1.165) is 25.2 Å². The van der Waals surface area contributed by atoms with Gasteiger partial charge in [-0.2, -0.15) is 0 Å². The van der Waals surface area contributed by atoms with Gasteiger partial charge in [-0.3, -0.25) is 0 Å². The number of ether oxygens (including phenoxy) is 2. The van der Waals surface area contributed by atoms with Crippen LogP contribution in [0.3, 0.4) is 0 Å². The SMILES string of the molecule is O=C(NC[C@H]1CCCO1)N1CC(Oc2cccc(Cl)c2)C1. The molecule has 0 bridgehead atoms. The number of nitrogens with zero attached hydrogens (tertiary/aromatic N) is 1. The number of benzene rings is 1. The molecule has 1 atom stereocenters. The van der Waals surface area contributed by atoms with E-state index in [-0.39, 0.29) is 18.2 Å². The quantitative estimate of drug-likeness (QED) is 0.928. The summed E-state index contributed by atoms with van der Waals surface area (Å²) in [5, 5.41) is 3.56. The van der Waals surface area contributed by atoms with Gasteiger partial charge in [0, 0.05) is 18.2 Å². The van der Waals surface area contributed by atoms with E-state index in [4.69, 9.17) is 21.1 Å². The van der Waals surface area contributed by atoms with Gasteiger partial charge in [0.05, 0.1) is 19.2 Å². The van der Waals surface area contributed by atoms with E-state index in [1.165, 1.54) is 0 Å². The van der Waals surface area contributed by atoms with Gasteiger partial charge in [0.2, 0.25) is 0 Å². The standard InChI is InChI=1S/C15H19ClN2O3/c16-11-3-1-4-12(7-11)21-14-9-18(10-14)15(19)17-8-13-5-2-6-20-13/h1,3-4,7,13-14H,2,5-6,8-10H2,(H,17,19)/t13-/m1/s1. The highest BCUT2D eigenvalue weighted by Gasteiger charge is 2.32. The molecule has 1 aromatic rings. The van der Waals surface area contributed by atoms with Gasteiger partial charge in [-0.25, -0.2) is 4.79 Å². The molecule has 1 N–H and O–H groups in total. The van der Waals surface area contributed by atoms with Crippen molar-refractivity contribution in [1.29, 1.82) is 0 Å². The zero-order chi connectivity index (χ0) is 14.7. The molecule has 21 heavy (non-hydrogen) atoms. The largest absolute Gasteiger partial charge is 0.487 e. The fourth-order valence-corrected chi connectivity index (χ4v) is 2.71. The lowest BCUT2D eigenvalue weighted by Gasteiger charge is -2.39. The second-order valence-electron chi connectivity index (χ2n) is 5.42. The van der Waals surface area contributed by atoms with E-state index in [2.05, 4.69) is 5.32 Å². The second-order valence-corrected chi connectivity index (χ2v) is 5.86. The van der Waals surface area contributed by atoms with Crippen molar-refractivity contribution in [3.05, 3.63) is 29.3 Å². The molecular weight excluding hydrogens is 292 g/mol. The molecule has 2 heterocycles. The van der Waals surface area contributed by atoms with E-state index >= 15 is 0 Å². The Morgan fingerprint density at radius 2 is 2.33 bits per heavy atom. The molecule has 1 aromatic carbocycles. The number of likely N-dealkylation sites (tertiary alicyclic amines) is 1. The lowest BCUT2D eigenvalue weighted by atomic mass is 10.2. The van der Waals surface area contributed by atoms with Crippen molar-refractivity contribution in [1.82, 2.24) is 10.2 Å². The van der Waals surface area contributed by atoms with Crippen molar-refractivity contribution in [3.63, 3.8) is 0 Å². The zero-order valence-corrected chi connectivity index (χ0v) is 12.5. The summed E-state index contributed by atoms with van der Waals surface area (Å²) in [6, 6.07) is 7.26. The van der Waals surface area contributed by atoms with Gasteiger partial charge >= 0.3 is 6.03 Å². The minimum atomic E-state index is -0.0450. The molecule has 5 nitrogen and oxygen atoms in total. The number of rotatable bonds is 4. The summed E-state index contributed by atoms with van der Waals surface area (Å²) >= 11 is 5.91. The molecule has 0 aromatic heterocycles. The van der Waals surface area contributed by atoms with Gasteiger partial charge in [-0.05, 0) is 31.0 Å². The molecule has 0 radical (unpaired) electrons. The molecule has 2 aliphatic rings. The predicted octanol–water partition coefficient (Wildman–Crippen LogP) is 2.29. The third kappa shape index (κ3) is 3.80. The van der Waals surface area contributed by atoms with Gasteiger partial charge in [-0.1, -0.05) is 17.7 Å². The van der Waals surface area contributed by atoms with Gasteiger partial charge in [0.15, 0.2) is 0 Å². The highest BCUT2D eigenvalue weighted by atomic mass is 35.5. The molecule has 0 unspecified atom stereocenters. The van der Waals surface area contributed by atoms with E-state index in [1.54, 1.807) is 17.0 Å². The Kier molecular flexibility index (Phi) is 4.51. The summed E-state index contributed by atoms with van der Waals surface area (Å²) in [6.45, 7) is 2.60. The summed E-state index contributed by atoms with van der Waals surface area (Å²) < 4.78 is 11.2. The Bertz CT molecular complexity index is 499. The number of carbonyl (C=O) groups excluding carboxylic acids is 1. The van der Waals surface area contributed by atoms with E-state index in [1.807, 2.05) is 12.1 Å². The number of hydrogen-bond acceptors (Lipinski definition) is 3. The van der Waals surface area contributed by atoms with Crippen LogP contribution in [0.1, 0.15) is 12.8 Å². The van der Waals surface area contributed by atoms with Crippen LogP contribution in [0.15, 0.2) is 24.3 Å². The first kappa shape index (κ1) is 14.5. The molecule has 3 rings (SSSR count). The molecule has 0 aliphatic carbocycles. The van der Waals surface area contributed by atoms with Gasteiger partial charge < -0.3 is 19.7 Å². The summed E-state index contributed by atoms with van der Waals surface area (Å²) in [5.41, 5.74) is 0. The average molecular weight is 311 g/mol. The Morgan fingerprint density at radius 3 is 3.05 bits per heavy atom. The number of urea groups is 1. The van der Waals surface area contributed by atoms with Gasteiger partial charge in [0.1, 0.15) is 11.9 Å². The van der Waals surface area contributed by atoms with Crippen LogP contribution in [0, 0.1) is 0 Å². The van der Waals surface area contributed by atoms with Crippen molar-refractivity contribution in [2.24, 2.45) is 0 Å². The summed E-state index contributed by atoms with van der Waals surface area (Å²) in [7, 11) is 0. The third-order valence-electron chi connectivity index (χ3n) is 3.74. The van der Waals surface area contributed by atoms with Crippen molar-refractivity contribution in [2.75, 3.05) is 26.2 Å². The van der Waals surface area contributed by atoms with Crippen LogP contribution < -0.4 is 10.1 Å². The molecule has 2 amide bonds. The van der Waals surface area contributed by atoms with Gasteiger partial charge in [0.25, 0.3) is 0 Å². The Hall–Kier alpha value is -1.46. The van der Waals surface area contributed by atoms with Gasteiger partial charge in [-0.15, -0.1) is 0 Å². The third-order valence-corrected chi connectivity index (χ3v) is 3.97. The maximum Gasteiger partial charge on any atom is 0.317 e. The lowest BCUT2D eigenvalue weighted by molar-refractivity contribution is 0.0421. The zero-order valence-electron chi connectivity index (χ0n) is 11.8. The molecule has 2 fully saturated rings. The first-order valence-electron chi connectivity index (χ1n) is 7.27. The summed E-state index contributed by atoms with van der Waals surface area (Å²) in [4.78, 5) is 13.7. The fraction of sp³-hybridized carbons (Fsp3) is 0.533. The minimum absolute atomic E-state index is 0.0388. The number of amides is 2. The molecule has 0 spiro atoms. The van der Waals surface area contributed by atoms with Crippen LogP contribution in [-0.2, 0) is 4.74 Å². The van der Waals surface area contributed by atoms with Crippen LogP contribution in [0.4, 0.5) is 4.79 Å². The molecule has 2 aliphatic heterocycles. The highest BCUT2D eigenvalue weighted by Crippen LogP contribution is 2.21. The van der Waals surface area contributed by atoms with Crippen molar-refractivity contribution >= 4 is 17.6 Å². The summed E-state index contributed by atoms with van der Waals surface area (Å²) in [6.07, 6.45) is 2.33. The number of nitrogens with one attached hydrogen (secondary N) is 1. The highest BCUT2D eigenvalue weighted by molar-refractivity contribution is 6.30. The maximum absolute atomic E-state index is 11.9. The average Bonchev–Trinajstić information content (AvgIpc) is 2.93. The Morgan fingerprint density at radius 1 is 1.48 bits per heavy atom. The van der Waals surface area contributed by atoms with Crippen LogP contribution in [-0.4, -0.2) is 49.4 Å². The van der Waals surface area contributed by atoms with E-state index in [0.29, 0.717) is 24.7 Å². The van der Waals surface area contributed by atoms with Crippen LogP contribution >= 0.6 is 11.6 Å². The minimum Gasteiger partial charge on any atom is -0.487 e. The molecule has 2 saturated heterocycles. The normalized spacial score (nSPS) is 22.0. The Labute approximate surface area is 129 Å². The Balaban J connectivity index is 1.37. The second kappa shape index (κ2) is 6.54. The molecule has 6 heteroatoms. The first-order chi connectivity index (χ1) is 10.2. The van der Waals surface area contributed by atoms with Crippen molar-refractivity contribution in [3.8, 4) is 5.75 Å².